The molecule has 1 fully saturated rings. The summed E-state index contributed by atoms with van der Waals surface area (Å²) in [7, 11) is 0. The smallest absolute Gasteiger partial charge is 0.123 e. The van der Waals surface area contributed by atoms with Crippen molar-refractivity contribution >= 4 is 0 Å². The molecule has 0 amide bonds. The third kappa shape index (κ3) is 3.30. The Kier molecular flexibility index (Phi) is 4.36. The van der Waals surface area contributed by atoms with Crippen molar-refractivity contribution in [2.75, 3.05) is 13.1 Å². The van der Waals surface area contributed by atoms with Crippen molar-refractivity contribution < 1.29 is 4.39 Å². The molecule has 1 aromatic carbocycles. The van der Waals surface area contributed by atoms with Crippen molar-refractivity contribution in [2.45, 2.75) is 38.8 Å². The van der Waals surface area contributed by atoms with Crippen molar-refractivity contribution in [3.63, 3.8) is 0 Å². The molecule has 2 nitrogen and oxygen atoms in total. The predicted molar refractivity (Wildman–Crippen MR) is 72.8 cm³/mol. The van der Waals surface area contributed by atoms with Gasteiger partial charge >= 0.3 is 0 Å². The van der Waals surface area contributed by atoms with Gasteiger partial charge in [0.15, 0.2) is 0 Å². The van der Waals surface area contributed by atoms with Gasteiger partial charge in [0.2, 0.25) is 0 Å². The Morgan fingerprint density at radius 1 is 1.33 bits per heavy atom. The zero-order valence-electron chi connectivity index (χ0n) is 11.3. The molecule has 100 valence electrons. The van der Waals surface area contributed by atoms with E-state index in [-0.39, 0.29) is 11.9 Å². The summed E-state index contributed by atoms with van der Waals surface area (Å²) < 4.78 is 12.9. The van der Waals surface area contributed by atoms with Gasteiger partial charge in [-0.3, -0.25) is 4.90 Å². The fraction of sp³-hybridized carbons (Fsp3) is 0.600. The number of hydrogen-bond donors (Lipinski definition) is 1. The first-order valence-corrected chi connectivity index (χ1v) is 6.87. The Hall–Kier alpha value is -0.930. The first-order valence-electron chi connectivity index (χ1n) is 6.87. The van der Waals surface area contributed by atoms with Crippen LogP contribution >= 0.6 is 0 Å². The highest BCUT2D eigenvalue weighted by Crippen LogP contribution is 2.31. The number of halogens is 1. The van der Waals surface area contributed by atoms with Gasteiger partial charge in [-0.25, -0.2) is 4.39 Å². The minimum atomic E-state index is -0.205. The largest absolute Gasteiger partial charge is 0.323 e. The molecule has 2 N–H and O–H groups in total. The molecule has 18 heavy (non-hydrogen) atoms. The van der Waals surface area contributed by atoms with Crippen LogP contribution in [0.4, 0.5) is 4.39 Å². The monoisotopic (exact) mass is 250 g/mol. The number of hydrogen-bond acceptors (Lipinski definition) is 2. The van der Waals surface area contributed by atoms with Gasteiger partial charge in [-0.05, 0) is 49.9 Å². The summed E-state index contributed by atoms with van der Waals surface area (Å²) in [6.45, 7) is 6.51. The van der Waals surface area contributed by atoms with Crippen molar-refractivity contribution in [1.29, 1.82) is 0 Å². The zero-order valence-corrected chi connectivity index (χ0v) is 11.3. The van der Waals surface area contributed by atoms with Gasteiger partial charge in [0.25, 0.3) is 0 Å². The first kappa shape index (κ1) is 13.5. The van der Waals surface area contributed by atoms with Crippen LogP contribution in [0.2, 0.25) is 0 Å². The molecule has 0 spiro atoms. The van der Waals surface area contributed by atoms with E-state index in [0.29, 0.717) is 6.04 Å². The number of nitrogens with zero attached hydrogens (tertiary/aromatic N) is 1. The van der Waals surface area contributed by atoms with Gasteiger partial charge in [0.1, 0.15) is 5.82 Å². The van der Waals surface area contributed by atoms with Gasteiger partial charge in [0, 0.05) is 18.6 Å². The van der Waals surface area contributed by atoms with Gasteiger partial charge in [-0.2, -0.15) is 0 Å². The van der Waals surface area contributed by atoms with Crippen molar-refractivity contribution in [1.82, 2.24) is 4.90 Å². The van der Waals surface area contributed by atoms with Crippen LogP contribution in [-0.4, -0.2) is 24.0 Å². The van der Waals surface area contributed by atoms with Crippen LogP contribution in [0.1, 0.15) is 38.3 Å². The average molecular weight is 250 g/mol. The molecule has 1 aliphatic carbocycles. The fourth-order valence-electron chi connectivity index (χ4n) is 2.41. The van der Waals surface area contributed by atoms with E-state index in [0.717, 1.165) is 24.6 Å². The molecule has 1 saturated carbocycles. The molecule has 2 rings (SSSR count). The van der Waals surface area contributed by atoms with E-state index in [2.05, 4.69) is 18.7 Å². The molecular formula is C15H23FN2. The number of nitrogens with two attached hydrogens (primary N) is 1. The first-order chi connectivity index (χ1) is 8.61. The Morgan fingerprint density at radius 2 is 1.94 bits per heavy atom. The van der Waals surface area contributed by atoms with Gasteiger partial charge in [-0.1, -0.05) is 19.1 Å². The summed E-state index contributed by atoms with van der Waals surface area (Å²) >= 11 is 0. The molecule has 0 aromatic heterocycles. The maximum Gasteiger partial charge on any atom is 0.123 e. The third-order valence-electron chi connectivity index (χ3n) is 3.95. The molecule has 2 atom stereocenters. The lowest BCUT2D eigenvalue weighted by atomic mass is 10.00. The molecule has 2 unspecified atom stereocenters. The van der Waals surface area contributed by atoms with Crippen LogP contribution in [0.25, 0.3) is 0 Å². The molecule has 3 heteroatoms. The van der Waals surface area contributed by atoms with Crippen LogP contribution in [0.15, 0.2) is 24.3 Å². The van der Waals surface area contributed by atoms with Crippen LogP contribution in [0.5, 0.6) is 0 Å². The molecule has 0 bridgehead atoms. The van der Waals surface area contributed by atoms with Crippen LogP contribution in [-0.2, 0) is 0 Å². The highest BCUT2D eigenvalue weighted by Gasteiger charge is 2.28. The van der Waals surface area contributed by atoms with E-state index >= 15 is 0 Å². The van der Waals surface area contributed by atoms with E-state index in [1.54, 1.807) is 12.1 Å². The highest BCUT2D eigenvalue weighted by molar-refractivity contribution is 5.21. The van der Waals surface area contributed by atoms with Crippen LogP contribution in [0.3, 0.4) is 0 Å². The lowest BCUT2D eigenvalue weighted by Gasteiger charge is -2.32. The second-order valence-electron chi connectivity index (χ2n) is 5.35. The normalized spacial score (nSPS) is 18.9. The average Bonchev–Trinajstić information content (AvgIpc) is 3.19. The van der Waals surface area contributed by atoms with Gasteiger partial charge in [0.05, 0.1) is 0 Å². The Balaban J connectivity index is 2.01. The SMILES string of the molecule is CCN(CC1CC1)C(C)C(N)c1ccc(F)cc1. The molecule has 1 aromatic rings. The molecule has 0 aliphatic heterocycles. The standard InChI is InChI=1S/C15H23FN2/c1-3-18(10-12-4-5-12)11(2)15(17)13-6-8-14(16)9-7-13/h6-9,11-12,15H,3-5,10,17H2,1-2H3. The summed E-state index contributed by atoms with van der Waals surface area (Å²) in [5.74, 6) is 0.664. The molecule has 0 radical (unpaired) electrons. The van der Waals surface area contributed by atoms with E-state index < -0.39 is 0 Å². The highest BCUT2D eigenvalue weighted by atomic mass is 19.1. The number of benzene rings is 1. The van der Waals surface area contributed by atoms with E-state index in [9.17, 15) is 4.39 Å². The summed E-state index contributed by atoms with van der Waals surface area (Å²) in [5.41, 5.74) is 7.31. The van der Waals surface area contributed by atoms with Crippen molar-refractivity contribution in [2.24, 2.45) is 11.7 Å². The topological polar surface area (TPSA) is 29.3 Å². The van der Waals surface area contributed by atoms with Gasteiger partial charge < -0.3 is 5.73 Å². The second kappa shape index (κ2) is 5.81. The fourth-order valence-corrected chi connectivity index (χ4v) is 2.41. The molecule has 1 aliphatic rings. The summed E-state index contributed by atoms with van der Waals surface area (Å²) in [4.78, 5) is 2.44. The number of rotatable bonds is 6. The summed E-state index contributed by atoms with van der Waals surface area (Å²) in [6.07, 6.45) is 2.71. The lowest BCUT2D eigenvalue weighted by molar-refractivity contribution is 0.185. The van der Waals surface area contributed by atoms with Crippen LogP contribution < -0.4 is 5.73 Å². The zero-order chi connectivity index (χ0) is 13.1. The Labute approximate surface area is 109 Å². The minimum Gasteiger partial charge on any atom is -0.323 e. The lowest BCUT2D eigenvalue weighted by Crippen LogP contribution is -2.41. The molecule has 0 saturated heterocycles. The Morgan fingerprint density at radius 3 is 2.44 bits per heavy atom. The van der Waals surface area contributed by atoms with E-state index in [4.69, 9.17) is 5.73 Å². The molecule has 0 heterocycles. The van der Waals surface area contributed by atoms with Crippen LogP contribution in [0, 0.1) is 11.7 Å². The number of likely N-dealkylation sites (N-methyl/N-ethyl adjacent to an activating group) is 1. The maximum atomic E-state index is 12.9. The predicted octanol–water partition coefficient (Wildman–Crippen LogP) is 2.95. The minimum absolute atomic E-state index is 0.0516. The second-order valence-corrected chi connectivity index (χ2v) is 5.35. The molecular weight excluding hydrogens is 227 g/mol. The maximum absolute atomic E-state index is 12.9. The quantitative estimate of drug-likeness (QED) is 0.841. The Bertz CT molecular complexity index is 373. The van der Waals surface area contributed by atoms with Gasteiger partial charge in [-0.15, -0.1) is 0 Å². The van der Waals surface area contributed by atoms with Crippen molar-refractivity contribution in [3.05, 3.63) is 35.6 Å². The summed E-state index contributed by atoms with van der Waals surface area (Å²) in [6, 6.07) is 6.80. The third-order valence-corrected chi connectivity index (χ3v) is 3.95. The van der Waals surface area contributed by atoms with E-state index in [1.165, 1.54) is 25.0 Å². The van der Waals surface area contributed by atoms with E-state index in [1.807, 2.05) is 0 Å². The summed E-state index contributed by atoms with van der Waals surface area (Å²) in [5, 5.41) is 0. The van der Waals surface area contributed by atoms with Crippen molar-refractivity contribution in [3.8, 4) is 0 Å².